The lowest BCUT2D eigenvalue weighted by Crippen LogP contribution is -2.23. The molecule has 4 heteroatoms. The van der Waals surface area contributed by atoms with Crippen molar-refractivity contribution < 1.29 is 5.11 Å². The van der Waals surface area contributed by atoms with Crippen LogP contribution in [0.3, 0.4) is 0 Å². The van der Waals surface area contributed by atoms with E-state index >= 15 is 0 Å². The maximum atomic E-state index is 9.64. The minimum absolute atomic E-state index is 0.0732. The maximum absolute atomic E-state index is 9.64. The van der Waals surface area contributed by atoms with Gasteiger partial charge in [-0.2, -0.15) is 5.10 Å². The second kappa shape index (κ2) is 9.32. The average Bonchev–Trinajstić information content (AvgIpc) is 3.10. The van der Waals surface area contributed by atoms with Crippen LogP contribution in [0.15, 0.2) is 67.0 Å². The first-order chi connectivity index (χ1) is 12.8. The van der Waals surface area contributed by atoms with Crippen LogP contribution in [0.5, 0.6) is 0 Å². The maximum Gasteiger partial charge on any atom is 0.0685 e. The van der Waals surface area contributed by atoms with E-state index in [2.05, 4.69) is 53.5 Å². The zero-order valence-electron chi connectivity index (χ0n) is 15.4. The lowest BCUT2D eigenvalue weighted by Gasteiger charge is -2.23. The van der Waals surface area contributed by atoms with E-state index in [1.54, 1.807) is 0 Å². The molecule has 1 aromatic heterocycles. The molecule has 0 saturated carbocycles. The molecule has 3 rings (SSSR count). The molecule has 0 aliphatic heterocycles. The number of aliphatic hydroxyl groups excluding tert-OH is 1. The lowest BCUT2D eigenvalue weighted by atomic mass is 10.1. The van der Waals surface area contributed by atoms with Crippen LogP contribution < -0.4 is 0 Å². The smallest absolute Gasteiger partial charge is 0.0685 e. The van der Waals surface area contributed by atoms with Crippen LogP contribution in [0.2, 0.25) is 0 Å². The molecule has 0 fully saturated rings. The van der Waals surface area contributed by atoms with Gasteiger partial charge in [-0.1, -0.05) is 61.5 Å². The molecule has 0 atom stereocenters. The van der Waals surface area contributed by atoms with Gasteiger partial charge in [0.15, 0.2) is 0 Å². The number of hydrogen-bond acceptors (Lipinski definition) is 3. The molecule has 1 heterocycles. The first-order valence-electron chi connectivity index (χ1n) is 9.23. The molecule has 4 nitrogen and oxygen atoms in total. The summed E-state index contributed by atoms with van der Waals surface area (Å²) in [5, 5.41) is 14.1. The first kappa shape index (κ1) is 18.4. The van der Waals surface area contributed by atoms with Gasteiger partial charge in [-0.05, 0) is 23.1 Å². The van der Waals surface area contributed by atoms with Crippen molar-refractivity contribution in [3.05, 3.63) is 89.2 Å². The normalized spacial score (nSPS) is 11.2. The van der Waals surface area contributed by atoms with E-state index in [-0.39, 0.29) is 6.61 Å². The molecule has 0 unspecified atom stereocenters. The van der Waals surface area contributed by atoms with E-state index < -0.39 is 0 Å². The van der Waals surface area contributed by atoms with Crippen LogP contribution in [0.25, 0.3) is 0 Å². The van der Waals surface area contributed by atoms with Crippen molar-refractivity contribution in [1.29, 1.82) is 0 Å². The van der Waals surface area contributed by atoms with Gasteiger partial charge in [-0.3, -0.25) is 9.58 Å². The molecule has 1 N–H and O–H groups in total. The summed E-state index contributed by atoms with van der Waals surface area (Å²) in [4.78, 5) is 2.40. The van der Waals surface area contributed by atoms with Crippen molar-refractivity contribution in [2.24, 2.45) is 0 Å². The lowest BCUT2D eigenvalue weighted by molar-refractivity contribution is 0.240. The first-order valence-corrected chi connectivity index (χ1v) is 9.23. The molecule has 0 aliphatic carbocycles. The van der Waals surface area contributed by atoms with Crippen LogP contribution >= 0.6 is 0 Å². The third-order valence-electron chi connectivity index (χ3n) is 4.48. The summed E-state index contributed by atoms with van der Waals surface area (Å²) in [6.45, 7) is 5.67. The fourth-order valence-corrected chi connectivity index (χ4v) is 3.21. The van der Waals surface area contributed by atoms with E-state index in [0.29, 0.717) is 0 Å². The molecule has 0 aliphatic rings. The van der Waals surface area contributed by atoms with Gasteiger partial charge in [0.25, 0.3) is 0 Å². The van der Waals surface area contributed by atoms with Gasteiger partial charge < -0.3 is 5.11 Å². The van der Waals surface area contributed by atoms with Crippen LogP contribution in [-0.4, -0.2) is 19.8 Å². The Balaban J connectivity index is 1.78. The standard InChI is InChI=1S/C22H27N3O/c1-2-12-25-16-20(13-23-25)15-24(14-19-8-4-3-5-9-19)17-21-10-6-7-11-22(21)18-26/h3-11,13,16,26H,2,12,14-15,17-18H2,1H3. The SMILES string of the molecule is CCCn1cc(CN(Cc2ccccc2)Cc2ccccc2CO)cn1. The summed E-state index contributed by atoms with van der Waals surface area (Å²) >= 11 is 0. The Morgan fingerprint density at radius 3 is 2.31 bits per heavy atom. The Hall–Kier alpha value is -2.43. The van der Waals surface area contributed by atoms with E-state index in [9.17, 15) is 5.11 Å². The van der Waals surface area contributed by atoms with Gasteiger partial charge in [0.1, 0.15) is 0 Å². The van der Waals surface area contributed by atoms with Crippen molar-refractivity contribution in [3.63, 3.8) is 0 Å². The van der Waals surface area contributed by atoms with Gasteiger partial charge in [-0.15, -0.1) is 0 Å². The third-order valence-corrected chi connectivity index (χ3v) is 4.48. The molecule has 26 heavy (non-hydrogen) atoms. The summed E-state index contributed by atoms with van der Waals surface area (Å²) in [6.07, 6.45) is 5.18. The van der Waals surface area contributed by atoms with Crippen molar-refractivity contribution in [1.82, 2.24) is 14.7 Å². The Bertz CT molecular complexity index is 798. The highest BCUT2D eigenvalue weighted by Crippen LogP contribution is 2.17. The summed E-state index contributed by atoms with van der Waals surface area (Å²) in [6, 6.07) is 18.6. The fraction of sp³-hybridized carbons (Fsp3) is 0.318. The van der Waals surface area contributed by atoms with E-state index in [4.69, 9.17) is 0 Å². The number of benzene rings is 2. The van der Waals surface area contributed by atoms with E-state index in [1.807, 2.05) is 35.1 Å². The Morgan fingerprint density at radius 1 is 0.885 bits per heavy atom. The summed E-state index contributed by atoms with van der Waals surface area (Å²) in [7, 11) is 0. The Kier molecular flexibility index (Phi) is 6.58. The second-order valence-electron chi connectivity index (χ2n) is 6.67. The summed E-state index contributed by atoms with van der Waals surface area (Å²) < 4.78 is 2.01. The highest BCUT2D eigenvalue weighted by Gasteiger charge is 2.12. The molecule has 0 bridgehead atoms. The van der Waals surface area contributed by atoms with Crippen LogP contribution in [-0.2, 0) is 32.8 Å². The van der Waals surface area contributed by atoms with Gasteiger partial charge in [0, 0.05) is 37.9 Å². The van der Waals surface area contributed by atoms with Gasteiger partial charge in [-0.25, -0.2) is 0 Å². The van der Waals surface area contributed by atoms with Crippen molar-refractivity contribution in [2.75, 3.05) is 0 Å². The highest BCUT2D eigenvalue weighted by molar-refractivity contribution is 5.26. The number of aliphatic hydroxyl groups is 1. The van der Waals surface area contributed by atoms with Gasteiger partial charge >= 0.3 is 0 Å². The third kappa shape index (κ3) is 5.04. The molecule has 3 aromatic rings. The van der Waals surface area contributed by atoms with Crippen molar-refractivity contribution in [3.8, 4) is 0 Å². The van der Waals surface area contributed by atoms with E-state index in [1.165, 1.54) is 16.7 Å². The monoisotopic (exact) mass is 349 g/mol. The number of aryl methyl sites for hydroxylation is 1. The number of nitrogens with zero attached hydrogens (tertiary/aromatic N) is 3. The topological polar surface area (TPSA) is 41.3 Å². The molecular weight excluding hydrogens is 322 g/mol. The summed E-state index contributed by atoms with van der Waals surface area (Å²) in [5.74, 6) is 0. The van der Waals surface area contributed by atoms with Crippen LogP contribution in [0.4, 0.5) is 0 Å². The number of aromatic nitrogens is 2. The molecule has 2 aromatic carbocycles. The zero-order valence-corrected chi connectivity index (χ0v) is 15.4. The number of rotatable bonds is 9. The minimum Gasteiger partial charge on any atom is -0.392 e. The molecule has 136 valence electrons. The van der Waals surface area contributed by atoms with E-state index in [0.717, 1.165) is 38.2 Å². The van der Waals surface area contributed by atoms with Crippen molar-refractivity contribution >= 4 is 0 Å². The predicted molar refractivity (Wildman–Crippen MR) is 104 cm³/mol. The highest BCUT2D eigenvalue weighted by atomic mass is 16.3. The number of hydrogen-bond donors (Lipinski definition) is 1. The fourth-order valence-electron chi connectivity index (χ4n) is 3.21. The molecule has 0 spiro atoms. The quantitative estimate of drug-likeness (QED) is 0.635. The molecule has 0 radical (unpaired) electrons. The Labute approximate surface area is 155 Å². The summed E-state index contributed by atoms with van der Waals surface area (Å²) in [5.41, 5.74) is 4.67. The molecule has 0 amide bonds. The average molecular weight is 349 g/mol. The largest absolute Gasteiger partial charge is 0.392 e. The molecule has 0 saturated heterocycles. The van der Waals surface area contributed by atoms with Crippen LogP contribution in [0, 0.1) is 0 Å². The van der Waals surface area contributed by atoms with Crippen LogP contribution in [0.1, 0.15) is 35.6 Å². The van der Waals surface area contributed by atoms with Crippen molar-refractivity contribution in [2.45, 2.75) is 46.1 Å². The Morgan fingerprint density at radius 2 is 1.58 bits per heavy atom. The van der Waals surface area contributed by atoms with Gasteiger partial charge in [0.2, 0.25) is 0 Å². The van der Waals surface area contributed by atoms with Gasteiger partial charge in [0.05, 0.1) is 12.8 Å². The molecular formula is C22H27N3O. The second-order valence-corrected chi connectivity index (χ2v) is 6.67. The zero-order chi connectivity index (χ0) is 18.2. The minimum atomic E-state index is 0.0732. The predicted octanol–water partition coefficient (Wildman–Crippen LogP) is 3.99.